The fraction of sp³-hybridized carbons (Fsp3) is 0. The van der Waals surface area contributed by atoms with E-state index in [0.29, 0.717) is 0 Å². The second-order valence-electron chi connectivity index (χ2n) is 0.380. The van der Waals surface area contributed by atoms with Crippen LogP contribution >= 0.6 is 8.45 Å². The third-order valence-electron chi connectivity index (χ3n) is 0. The Morgan fingerprint density at radius 2 is 1.14 bits per heavy atom. The first-order valence-electron chi connectivity index (χ1n) is 0.716. The molecule has 0 unspecified atom stereocenters. The zero-order chi connectivity index (χ0) is 3.58. The molecule has 0 aliphatic rings. The van der Waals surface area contributed by atoms with Crippen molar-refractivity contribution in [2.24, 2.45) is 11.0 Å². The van der Waals surface area contributed by atoms with Crippen LogP contribution in [0.25, 0.3) is 0 Å². The van der Waals surface area contributed by atoms with Gasteiger partial charge in [-0.25, -0.2) is 0 Å². The van der Waals surface area contributed by atoms with Gasteiger partial charge in [-0.3, -0.25) is 20.4 Å². The zero-order valence-corrected chi connectivity index (χ0v) is 3.76. The summed E-state index contributed by atoms with van der Waals surface area (Å²) in [6.07, 6.45) is 0. The van der Waals surface area contributed by atoms with Crippen LogP contribution < -0.4 is 11.0 Å². The standard InChI is InChI=1S/2FH.Li.H5N2OP.H/c;;;1-4(2)3;/h2*1H;;3H,1-2H2;. The van der Waals surface area contributed by atoms with Crippen LogP contribution in [-0.2, 0) is 0 Å². The van der Waals surface area contributed by atoms with Crippen LogP contribution in [0.3, 0.4) is 0 Å². The molecule has 3 nitrogen and oxygen atoms in total. The zero-order valence-electron chi connectivity index (χ0n) is 2.87. The van der Waals surface area contributed by atoms with Gasteiger partial charge in [0.15, 0.2) is 8.45 Å². The predicted molar refractivity (Wildman–Crippen MR) is 29.7 cm³/mol. The summed E-state index contributed by atoms with van der Waals surface area (Å²) in [6.45, 7) is 0. The van der Waals surface area contributed by atoms with Crippen LogP contribution in [0.2, 0.25) is 0 Å². The Morgan fingerprint density at radius 1 is 1.14 bits per heavy atom. The van der Waals surface area contributed by atoms with E-state index in [2.05, 4.69) is 11.0 Å². The molecule has 7 heteroatoms. The van der Waals surface area contributed by atoms with Gasteiger partial charge in [-0.05, 0) is 0 Å². The van der Waals surface area contributed by atoms with E-state index in [1.54, 1.807) is 0 Å². The minimum absolute atomic E-state index is 0. The number of rotatable bonds is 0. The summed E-state index contributed by atoms with van der Waals surface area (Å²) < 4.78 is 0. The number of hydrogen-bond acceptors (Lipinski definition) is 3. The van der Waals surface area contributed by atoms with Crippen LogP contribution in [0.1, 0.15) is 0 Å². The molecule has 0 rings (SSSR count). The van der Waals surface area contributed by atoms with Crippen molar-refractivity contribution >= 4 is 27.3 Å². The molecule has 0 saturated carbocycles. The molecular weight excluding hydrogens is 120 g/mol. The van der Waals surface area contributed by atoms with Crippen molar-refractivity contribution in [1.82, 2.24) is 0 Å². The Kier molecular flexibility index (Phi) is 56.8. The Morgan fingerprint density at radius 3 is 1.14 bits per heavy atom. The number of halogens is 2. The summed E-state index contributed by atoms with van der Waals surface area (Å²) >= 11 is 0. The van der Waals surface area contributed by atoms with Crippen molar-refractivity contribution in [3.05, 3.63) is 0 Å². The van der Waals surface area contributed by atoms with Gasteiger partial charge in [0.1, 0.15) is 0 Å². The van der Waals surface area contributed by atoms with Crippen molar-refractivity contribution in [2.75, 3.05) is 0 Å². The summed E-state index contributed by atoms with van der Waals surface area (Å²) in [7, 11) is -1.62. The van der Waals surface area contributed by atoms with E-state index in [-0.39, 0.29) is 28.3 Å². The van der Waals surface area contributed by atoms with Crippen molar-refractivity contribution in [2.45, 2.75) is 0 Å². The monoisotopic (exact) mass is 128 g/mol. The fourth-order valence-corrected chi connectivity index (χ4v) is 0. The van der Waals surface area contributed by atoms with Crippen molar-refractivity contribution in [3.8, 4) is 0 Å². The molecule has 0 saturated heterocycles. The Balaban J connectivity index is -0.0000000150. The average molecular weight is 128 g/mol. The van der Waals surface area contributed by atoms with Crippen molar-refractivity contribution in [1.29, 1.82) is 0 Å². The first-order chi connectivity index (χ1) is 1.73. The van der Waals surface area contributed by atoms with Gasteiger partial charge < -0.3 is 4.89 Å². The van der Waals surface area contributed by atoms with E-state index in [4.69, 9.17) is 4.89 Å². The number of nitrogens with two attached hydrogens (primary N) is 2. The second kappa shape index (κ2) is 15.9. The first kappa shape index (κ1) is 25.1. The van der Waals surface area contributed by atoms with E-state index in [1.165, 1.54) is 0 Å². The molecule has 7 heavy (non-hydrogen) atoms. The molecule has 44 valence electrons. The van der Waals surface area contributed by atoms with Gasteiger partial charge >= 0.3 is 18.9 Å². The second-order valence-corrected chi connectivity index (χ2v) is 1.14. The van der Waals surface area contributed by atoms with Gasteiger partial charge in [0.2, 0.25) is 0 Å². The van der Waals surface area contributed by atoms with Crippen molar-refractivity contribution in [3.63, 3.8) is 0 Å². The van der Waals surface area contributed by atoms with Crippen molar-refractivity contribution < 1.29 is 14.3 Å². The summed E-state index contributed by atoms with van der Waals surface area (Å²) in [4.78, 5) is 7.68. The van der Waals surface area contributed by atoms with Gasteiger partial charge in [0, 0.05) is 0 Å². The molecule has 0 atom stereocenters. The summed E-state index contributed by atoms with van der Waals surface area (Å²) in [5, 5.41) is 0. The van der Waals surface area contributed by atoms with Gasteiger partial charge in [0.05, 0.1) is 0 Å². The van der Waals surface area contributed by atoms with Crippen LogP contribution in [0, 0.1) is 0 Å². The maximum atomic E-state index is 7.68. The fourth-order valence-electron chi connectivity index (χ4n) is 0. The molecule has 0 amide bonds. The Hall–Kier alpha value is 0.767. The minimum atomic E-state index is -1.62. The molecule has 0 aromatic rings. The Labute approximate surface area is 53.3 Å². The predicted octanol–water partition coefficient (Wildman–Crippen LogP) is -1.22. The molecule has 0 radical (unpaired) electrons. The average Bonchev–Trinajstić information content (AvgIpc) is 0.811. The molecule has 0 aromatic carbocycles. The molecule has 0 aromatic heterocycles. The third kappa shape index (κ3) is 261. The molecule has 0 aliphatic heterocycles. The normalized spacial score (nSPS) is 5.14. The van der Waals surface area contributed by atoms with Gasteiger partial charge in [0.25, 0.3) is 0 Å². The summed E-state index contributed by atoms with van der Waals surface area (Å²) in [5.74, 6) is 0. The summed E-state index contributed by atoms with van der Waals surface area (Å²) in [6, 6.07) is 0. The van der Waals surface area contributed by atoms with Crippen LogP contribution in [-0.4, -0.2) is 23.8 Å². The molecule has 0 fully saturated rings. The number of hydrogen-bond donors (Lipinski definition) is 3. The quantitative estimate of drug-likeness (QED) is 0.283. The van der Waals surface area contributed by atoms with Crippen LogP contribution in [0.4, 0.5) is 9.41 Å². The first-order valence-corrected chi connectivity index (χ1v) is 2.15. The molecule has 0 aliphatic carbocycles. The topological polar surface area (TPSA) is 72.3 Å². The maximum absolute atomic E-state index is 7.68. The molecule has 0 heterocycles. The Bertz CT molecular complexity index is 20.4. The van der Waals surface area contributed by atoms with E-state index in [1.807, 2.05) is 0 Å². The third-order valence-corrected chi connectivity index (χ3v) is 0. The van der Waals surface area contributed by atoms with Gasteiger partial charge in [-0.2, -0.15) is 0 Å². The SMILES string of the molecule is F.F.NP(N)O.[LiH]. The molecule has 0 bridgehead atoms. The molecule has 5 N–H and O–H groups in total. The van der Waals surface area contributed by atoms with Crippen LogP contribution in [0.5, 0.6) is 0 Å². The van der Waals surface area contributed by atoms with E-state index in [9.17, 15) is 0 Å². The van der Waals surface area contributed by atoms with Crippen LogP contribution in [0.15, 0.2) is 0 Å². The van der Waals surface area contributed by atoms with E-state index in [0.717, 1.165) is 0 Å². The summed E-state index contributed by atoms with van der Waals surface area (Å²) in [5.41, 5.74) is 9.02. The van der Waals surface area contributed by atoms with E-state index < -0.39 is 8.45 Å². The van der Waals surface area contributed by atoms with Gasteiger partial charge in [-0.15, -0.1) is 0 Å². The van der Waals surface area contributed by atoms with E-state index >= 15 is 0 Å². The molecule has 0 spiro atoms. The van der Waals surface area contributed by atoms with Gasteiger partial charge in [-0.1, -0.05) is 0 Å². The molecular formula is H8F2LiN2OP.